The van der Waals surface area contributed by atoms with Gasteiger partial charge in [-0.1, -0.05) is 26.0 Å². The van der Waals surface area contributed by atoms with Gasteiger partial charge in [0.15, 0.2) is 0 Å². The lowest BCUT2D eigenvalue weighted by Gasteiger charge is -2.39. The number of aliphatic hydroxyl groups is 1. The summed E-state index contributed by atoms with van der Waals surface area (Å²) < 4.78 is 23.2. The molecule has 0 aromatic rings. The molecule has 1 aliphatic heterocycles. The SMILES string of the molecule is CC=C(C)C(=O)OC1C(O)C(C)=CCCC2(C)OC2C(OC(=O)C(C)C(C)OC(C)=O)C1C(C)C. The van der Waals surface area contributed by atoms with E-state index in [1.54, 1.807) is 33.8 Å². The molecule has 1 N–H and O–H groups in total. The molecular formula is C27H42O8. The van der Waals surface area contributed by atoms with Gasteiger partial charge >= 0.3 is 17.9 Å². The second kappa shape index (κ2) is 11.7. The highest BCUT2D eigenvalue weighted by Crippen LogP contribution is 2.48. The van der Waals surface area contributed by atoms with Crippen LogP contribution in [0.3, 0.4) is 0 Å². The number of fused-ring (bicyclic) bond motifs is 1. The number of allylic oxidation sites excluding steroid dienone is 2. The van der Waals surface area contributed by atoms with Crippen molar-refractivity contribution >= 4 is 17.9 Å². The highest BCUT2D eigenvalue weighted by atomic mass is 16.6. The fourth-order valence-electron chi connectivity index (χ4n) is 4.61. The monoisotopic (exact) mass is 494 g/mol. The number of esters is 3. The lowest BCUT2D eigenvalue weighted by atomic mass is 9.77. The van der Waals surface area contributed by atoms with E-state index >= 15 is 0 Å². The molecule has 8 nitrogen and oxygen atoms in total. The van der Waals surface area contributed by atoms with Gasteiger partial charge in [0.1, 0.15) is 30.5 Å². The molecule has 35 heavy (non-hydrogen) atoms. The third-order valence-corrected chi connectivity index (χ3v) is 7.33. The van der Waals surface area contributed by atoms with Crippen molar-refractivity contribution in [3.8, 4) is 0 Å². The van der Waals surface area contributed by atoms with Crippen LogP contribution in [0.15, 0.2) is 23.3 Å². The molecule has 8 unspecified atom stereocenters. The lowest BCUT2D eigenvalue weighted by molar-refractivity contribution is -0.176. The van der Waals surface area contributed by atoms with Crippen LogP contribution < -0.4 is 0 Å². The Labute approximate surface area is 209 Å². The summed E-state index contributed by atoms with van der Waals surface area (Å²) in [6, 6.07) is 0. The Morgan fingerprint density at radius 3 is 2.31 bits per heavy atom. The Kier molecular flexibility index (Phi) is 9.71. The summed E-state index contributed by atoms with van der Waals surface area (Å²) in [5.41, 5.74) is 0.606. The molecule has 1 aliphatic carbocycles. The molecular weight excluding hydrogens is 452 g/mol. The summed E-state index contributed by atoms with van der Waals surface area (Å²) in [6.07, 6.45) is 1.06. The first-order valence-corrected chi connectivity index (χ1v) is 12.5. The average Bonchev–Trinajstić information content (AvgIpc) is 3.45. The molecule has 0 aromatic heterocycles. The minimum absolute atomic E-state index is 0.131. The van der Waals surface area contributed by atoms with Crippen LogP contribution in [0.5, 0.6) is 0 Å². The number of carbonyl (C=O) groups excluding carboxylic acids is 3. The molecule has 0 radical (unpaired) electrons. The Morgan fingerprint density at radius 2 is 1.77 bits per heavy atom. The van der Waals surface area contributed by atoms with Gasteiger partial charge in [-0.25, -0.2) is 4.79 Å². The molecule has 0 amide bonds. The van der Waals surface area contributed by atoms with Crippen LogP contribution in [0.1, 0.15) is 75.2 Å². The lowest BCUT2D eigenvalue weighted by Crippen LogP contribution is -2.51. The third-order valence-electron chi connectivity index (χ3n) is 7.33. The minimum Gasteiger partial charge on any atom is -0.462 e. The summed E-state index contributed by atoms with van der Waals surface area (Å²) in [4.78, 5) is 37.4. The smallest absolute Gasteiger partial charge is 0.333 e. The van der Waals surface area contributed by atoms with Crippen molar-refractivity contribution in [2.24, 2.45) is 17.8 Å². The van der Waals surface area contributed by atoms with Gasteiger partial charge in [-0.3, -0.25) is 9.59 Å². The van der Waals surface area contributed by atoms with Gasteiger partial charge in [0.25, 0.3) is 0 Å². The summed E-state index contributed by atoms with van der Waals surface area (Å²) in [7, 11) is 0. The molecule has 8 atom stereocenters. The van der Waals surface area contributed by atoms with E-state index in [-0.39, 0.29) is 5.92 Å². The zero-order valence-electron chi connectivity index (χ0n) is 22.5. The van der Waals surface area contributed by atoms with E-state index in [0.29, 0.717) is 24.0 Å². The molecule has 0 aromatic carbocycles. The normalized spacial score (nSPS) is 33.1. The highest BCUT2D eigenvalue weighted by molar-refractivity contribution is 5.87. The molecule has 8 heteroatoms. The summed E-state index contributed by atoms with van der Waals surface area (Å²) in [5, 5.41) is 11.3. The second-order valence-electron chi connectivity index (χ2n) is 10.5. The van der Waals surface area contributed by atoms with Gasteiger partial charge < -0.3 is 24.1 Å². The van der Waals surface area contributed by atoms with E-state index in [9.17, 15) is 19.5 Å². The summed E-state index contributed by atoms with van der Waals surface area (Å²) in [5.74, 6) is -2.95. The molecule has 2 rings (SSSR count). The van der Waals surface area contributed by atoms with Crippen molar-refractivity contribution in [2.75, 3.05) is 0 Å². The Hall–Kier alpha value is -2.19. The van der Waals surface area contributed by atoms with Crippen molar-refractivity contribution in [3.63, 3.8) is 0 Å². The van der Waals surface area contributed by atoms with Crippen LogP contribution in [-0.2, 0) is 33.3 Å². The van der Waals surface area contributed by atoms with Crippen molar-refractivity contribution in [1.82, 2.24) is 0 Å². The minimum atomic E-state index is -1.07. The molecule has 1 saturated heterocycles. The van der Waals surface area contributed by atoms with Crippen LogP contribution in [0, 0.1) is 17.8 Å². The number of hydrogen-bond donors (Lipinski definition) is 1. The third kappa shape index (κ3) is 6.94. The molecule has 1 fully saturated rings. The maximum Gasteiger partial charge on any atom is 0.333 e. The highest BCUT2D eigenvalue weighted by Gasteiger charge is 2.61. The number of rotatable bonds is 7. The van der Waals surface area contributed by atoms with Gasteiger partial charge in [0, 0.05) is 18.4 Å². The predicted octanol–water partition coefficient (Wildman–Crippen LogP) is 3.89. The van der Waals surface area contributed by atoms with Gasteiger partial charge in [0.05, 0.1) is 11.5 Å². The van der Waals surface area contributed by atoms with Crippen LogP contribution in [0.2, 0.25) is 0 Å². The Bertz CT molecular complexity index is 859. The van der Waals surface area contributed by atoms with E-state index in [1.165, 1.54) is 6.92 Å². The fourth-order valence-corrected chi connectivity index (χ4v) is 4.61. The van der Waals surface area contributed by atoms with Crippen molar-refractivity contribution in [3.05, 3.63) is 23.3 Å². The van der Waals surface area contributed by atoms with Gasteiger partial charge in [-0.15, -0.1) is 0 Å². The maximum absolute atomic E-state index is 13.2. The van der Waals surface area contributed by atoms with Crippen LogP contribution in [0.25, 0.3) is 0 Å². The largest absolute Gasteiger partial charge is 0.462 e. The number of epoxide rings is 1. The van der Waals surface area contributed by atoms with Crippen LogP contribution >= 0.6 is 0 Å². The van der Waals surface area contributed by atoms with E-state index in [2.05, 4.69) is 0 Å². The molecule has 198 valence electrons. The van der Waals surface area contributed by atoms with Crippen molar-refractivity contribution < 1.29 is 38.4 Å². The van der Waals surface area contributed by atoms with E-state index < -0.39 is 65.9 Å². The maximum atomic E-state index is 13.2. The zero-order valence-corrected chi connectivity index (χ0v) is 22.5. The van der Waals surface area contributed by atoms with Crippen molar-refractivity contribution in [1.29, 1.82) is 0 Å². The van der Waals surface area contributed by atoms with E-state index in [1.807, 2.05) is 33.8 Å². The molecule has 0 bridgehead atoms. The molecule has 1 heterocycles. The summed E-state index contributed by atoms with van der Waals surface area (Å²) >= 11 is 0. The topological polar surface area (TPSA) is 112 Å². The number of ether oxygens (including phenoxy) is 4. The molecule has 2 aliphatic rings. The van der Waals surface area contributed by atoms with E-state index in [0.717, 1.165) is 0 Å². The van der Waals surface area contributed by atoms with Crippen LogP contribution in [-0.4, -0.2) is 59.1 Å². The average molecular weight is 495 g/mol. The molecule has 0 spiro atoms. The number of aliphatic hydroxyl groups excluding tert-OH is 1. The summed E-state index contributed by atoms with van der Waals surface area (Å²) in [6.45, 7) is 15.6. The number of hydrogen-bond acceptors (Lipinski definition) is 8. The van der Waals surface area contributed by atoms with Gasteiger partial charge in [0.2, 0.25) is 0 Å². The second-order valence-corrected chi connectivity index (χ2v) is 10.5. The Balaban J connectivity index is 2.49. The van der Waals surface area contributed by atoms with Crippen molar-refractivity contribution in [2.45, 2.75) is 111 Å². The van der Waals surface area contributed by atoms with Gasteiger partial charge in [-0.05, 0) is 65.9 Å². The number of carbonyl (C=O) groups is 3. The zero-order chi connectivity index (χ0) is 26.7. The quantitative estimate of drug-likeness (QED) is 0.187. The first kappa shape index (κ1) is 29.0. The van der Waals surface area contributed by atoms with Gasteiger partial charge in [-0.2, -0.15) is 0 Å². The molecule has 0 saturated carbocycles. The first-order chi connectivity index (χ1) is 16.2. The van der Waals surface area contributed by atoms with E-state index in [4.69, 9.17) is 18.9 Å². The Morgan fingerprint density at radius 1 is 1.14 bits per heavy atom. The standard InChI is InChI=1S/C27H42O8/c1-10-15(4)25(30)33-22-20(14(2)3)23(34-26(31)17(6)18(7)32-19(8)28)24-27(9,35-24)13-11-12-16(5)21(22)29/h10,12,14,17-18,20-24,29H,11,13H2,1-9H3. The predicted molar refractivity (Wildman–Crippen MR) is 130 cm³/mol. The fraction of sp³-hybridized carbons (Fsp3) is 0.741. The van der Waals surface area contributed by atoms with Crippen LogP contribution in [0.4, 0.5) is 0 Å². The first-order valence-electron chi connectivity index (χ1n) is 12.5.